The van der Waals surface area contributed by atoms with Crippen LogP contribution >= 0.6 is 11.8 Å². The largest absolute Gasteiger partial charge is 0.348 e. The first kappa shape index (κ1) is 13.6. The molecule has 7 heteroatoms. The Morgan fingerprint density at radius 1 is 1.55 bits per heavy atom. The molecule has 1 fully saturated rings. The summed E-state index contributed by atoms with van der Waals surface area (Å²) in [4.78, 5) is 14.4. The number of nitrogens with zero attached hydrogens (tertiary/aromatic N) is 4. The van der Waals surface area contributed by atoms with E-state index in [0.29, 0.717) is 11.8 Å². The number of H-pyrrole nitrogens is 1. The molecule has 1 N–H and O–H groups in total. The van der Waals surface area contributed by atoms with Crippen LogP contribution in [0.1, 0.15) is 36.3 Å². The third-order valence-corrected chi connectivity index (χ3v) is 4.10. The van der Waals surface area contributed by atoms with Gasteiger partial charge >= 0.3 is 0 Å². The predicted octanol–water partition coefficient (Wildman–Crippen LogP) is 2.04. The molecule has 1 saturated heterocycles. The molecule has 1 aliphatic rings. The van der Waals surface area contributed by atoms with Crippen molar-refractivity contribution < 1.29 is 4.52 Å². The fourth-order valence-corrected chi connectivity index (χ4v) is 3.03. The maximum atomic E-state index is 5.31. The number of thioether (sulfide) groups is 1. The van der Waals surface area contributed by atoms with E-state index in [1.54, 1.807) is 11.8 Å². The highest BCUT2D eigenvalue weighted by atomic mass is 32.2. The molecule has 2 aromatic rings. The average Bonchev–Trinajstić information content (AvgIpc) is 3.11. The second kappa shape index (κ2) is 6.41. The standard InChI is InChI=1S/C13H19N5OS/c1-20-9-11-16-12(19-17-11)8-18-6-2-3-10(7-18)13-14-4-5-15-13/h4-5,10H,2-3,6-9H2,1H3,(H,14,15). The first-order valence-corrected chi connectivity index (χ1v) is 8.26. The second-order valence-electron chi connectivity index (χ2n) is 5.09. The molecule has 0 amide bonds. The molecule has 0 bridgehead atoms. The number of aromatic nitrogens is 4. The van der Waals surface area contributed by atoms with Gasteiger partial charge < -0.3 is 9.51 Å². The number of hydrogen-bond acceptors (Lipinski definition) is 6. The van der Waals surface area contributed by atoms with Crippen molar-refractivity contribution in [3.8, 4) is 0 Å². The zero-order chi connectivity index (χ0) is 13.8. The van der Waals surface area contributed by atoms with Crippen LogP contribution in [0.2, 0.25) is 0 Å². The summed E-state index contributed by atoms with van der Waals surface area (Å²) in [7, 11) is 0. The zero-order valence-corrected chi connectivity index (χ0v) is 12.4. The molecule has 1 unspecified atom stereocenters. The molecule has 6 nitrogen and oxygen atoms in total. The molecule has 0 aromatic carbocycles. The number of nitrogens with one attached hydrogen (secondary N) is 1. The number of aromatic amines is 1. The van der Waals surface area contributed by atoms with Gasteiger partial charge in [0.25, 0.3) is 0 Å². The van der Waals surface area contributed by atoms with Crippen LogP contribution in [0.5, 0.6) is 0 Å². The van der Waals surface area contributed by atoms with Gasteiger partial charge in [-0.1, -0.05) is 5.16 Å². The van der Waals surface area contributed by atoms with E-state index < -0.39 is 0 Å². The Labute approximate surface area is 122 Å². The van der Waals surface area contributed by atoms with E-state index in [0.717, 1.165) is 37.0 Å². The minimum atomic E-state index is 0.479. The lowest BCUT2D eigenvalue weighted by Gasteiger charge is -2.30. The van der Waals surface area contributed by atoms with Crippen molar-refractivity contribution in [2.75, 3.05) is 19.3 Å². The van der Waals surface area contributed by atoms with E-state index in [1.165, 1.54) is 12.8 Å². The average molecular weight is 293 g/mol. The van der Waals surface area contributed by atoms with Gasteiger partial charge in [-0.2, -0.15) is 16.7 Å². The summed E-state index contributed by atoms with van der Waals surface area (Å²) in [6, 6.07) is 0. The minimum absolute atomic E-state index is 0.479. The van der Waals surface area contributed by atoms with Crippen molar-refractivity contribution in [3.05, 3.63) is 29.9 Å². The molecule has 0 radical (unpaired) electrons. The van der Waals surface area contributed by atoms with Crippen LogP contribution < -0.4 is 0 Å². The molecule has 3 rings (SSSR count). The third-order valence-electron chi connectivity index (χ3n) is 3.55. The number of likely N-dealkylation sites (tertiary alicyclic amines) is 1. The third kappa shape index (κ3) is 3.21. The van der Waals surface area contributed by atoms with E-state index in [9.17, 15) is 0 Å². The van der Waals surface area contributed by atoms with Crippen LogP contribution in [0.15, 0.2) is 16.9 Å². The monoisotopic (exact) mass is 293 g/mol. The van der Waals surface area contributed by atoms with E-state index >= 15 is 0 Å². The topological polar surface area (TPSA) is 70.8 Å². The van der Waals surface area contributed by atoms with Crippen LogP contribution in [0.25, 0.3) is 0 Å². The fraction of sp³-hybridized carbons (Fsp3) is 0.615. The molecular formula is C13H19N5OS. The van der Waals surface area contributed by atoms with Crippen LogP contribution in [0.3, 0.4) is 0 Å². The molecule has 108 valence electrons. The maximum absolute atomic E-state index is 5.31. The summed E-state index contributed by atoms with van der Waals surface area (Å²) in [5.74, 6) is 3.87. The van der Waals surface area contributed by atoms with E-state index in [4.69, 9.17) is 4.52 Å². The quantitative estimate of drug-likeness (QED) is 0.909. The zero-order valence-electron chi connectivity index (χ0n) is 11.6. The lowest BCUT2D eigenvalue weighted by atomic mass is 9.97. The van der Waals surface area contributed by atoms with Gasteiger partial charge in [-0.15, -0.1) is 0 Å². The van der Waals surface area contributed by atoms with E-state index in [1.807, 2.05) is 18.6 Å². The summed E-state index contributed by atoms with van der Waals surface area (Å²) in [5.41, 5.74) is 0. The summed E-state index contributed by atoms with van der Waals surface area (Å²) in [5, 5.41) is 3.99. The summed E-state index contributed by atoms with van der Waals surface area (Å²) in [6.45, 7) is 2.81. The highest BCUT2D eigenvalue weighted by Crippen LogP contribution is 2.25. The van der Waals surface area contributed by atoms with E-state index in [2.05, 4.69) is 25.0 Å². The Kier molecular flexibility index (Phi) is 4.37. The molecule has 2 aromatic heterocycles. The molecule has 1 atom stereocenters. The highest BCUT2D eigenvalue weighted by molar-refractivity contribution is 7.97. The molecule has 1 aliphatic heterocycles. The number of hydrogen-bond donors (Lipinski definition) is 1. The smallest absolute Gasteiger partial charge is 0.240 e. The summed E-state index contributed by atoms with van der Waals surface area (Å²) >= 11 is 1.70. The molecular weight excluding hydrogens is 274 g/mol. The van der Waals surface area contributed by atoms with Gasteiger partial charge in [0.2, 0.25) is 5.89 Å². The number of piperidine rings is 1. The minimum Gasteiger partial charge on any atom is -0.348 e. The fourth-order valence-electron chi connectivity index (χ4n) is 2.66. The number of imidazole rings is 1. The van der Waals surface area contributed by atoms with Gasteiger partial charge in [-0.3, -0.25) is 4.90 Å². The summed E-state index contributed by atoms with van der Waals surface area (Å²) < 4.78 is 5.31. The SMILES string of the molecule is CSCc1noc(CN2CCCC(c3ncc[nH]3)C2)n1. The summed E-state index contributed by atoms with van der Waals surface area (Å²) in [6.07, 6.45) is 8.11. The lowest BCUT2D eigenvalue weighted by molar-refractivity contribution is 0.174. The molecule has 3 heterocycles. The van der Waals surface area contributed by atoms with Crippen molar-refractivity contribution in [2.24, 2.45) is 0 Å². The van der Waals surface area contributed by atoms with Crippen LogP contribution in [-0.4, -0.2) is 44.4 Å². The van der Waals surface area contributed by atoms with Crippen molar-refractivity contribution in [1.82, 2.24) is 25.0 Å². The van der Waals surface area contributed by atoms with Gasteiger partial charge in [0.1, 0.15) is 5.82 Å². The first-order chi connectivity index (χ1) is 9.85. The van der Waals surface area contributed by atoms with Crippen LogP contribution in [0.4, 0.5) is 0 Å². The van der Waals surface area contributed by atoms with Crippen molar-refractivity contribution in [1.29, 1.82) is 0 Å². The van der Waals surface area contributed by atoms with Crippen molar-refractivity contribution >= 4 is 11.8 Å². The normalized spacial score (nSPS) is 20.4. The van der Waals surface area contributed by atoms with Crippen LogP contribution in [0, 0.1) is 0 Å². The molecule has 0 aliphatic carbocycles. The van der Waals surface area contributed by atoms with Crippen molar-refractivity contribution in [3.63, 3.8) is 0 Å². The number of rotatable bonds is 5. The highest BCUT2D eigenvalue weighted by Gasteiger charge is 2.24. The first-order valence-electron chi connectivity index (χ1n) is 6.87. The Hall–Kier alpha value is -1.34. The van der Waals surface area contributed by atoms with Gasteiger partial charge in [-0.25, -0.2) is 4.98 Å². The second-order valence-corrected chi connectivity index (χ2v) is 5.95. The Morgan fingerprint density at radius 3 is 3.30 bits per heavy atom. The molecule has 0 spiro atoms. The lowest BCUT2D eigenvalue weighted by Crippen LogP contribution is -2.34. The molecule has 0 saturated carbocycles. The predicted molar refractivity (Wildman–Crippen MR) is 77.4 cm³/mol. The van der Waals surface area contributed by atoms with Gasteiger partial charge in [-0.05, 0) is 25.6 Å². The van der Waals surface area contributed by atoms with Gasteiger partial charge in [0.15, 0.2) is 5.82 Å². The Bertz CT molecular complexity index is 527. The maximum Gasteiger partial charge on any atom is 0.240 e. The van der Waals surface area contributed by atoms with Crippen molar-refractivity contribution in [2.45, 2.75) is 31.1 Å². The van der Waals surface area contributed by atoms with Crippen LogP contribution in [-0.2, 0) is 12.3 Å². The van der Waals surface area contributed by atoms with E-state index in [-0.39, 0.29) is 0 Å². The molecule has 20 heavy (non-hydrogen) atoms. The Morgan fingerprint density at radius 2 is 2.50 bits per heavy atom. The van der Waals surface area contributed by atoms with Gasteiger partial charge in [0.05, 0.1) is 12.3 Å². The Balaban J connectivity index is 1.59. The van der Waals surface area contributed by atoms with Gasteiger partial charge in [0, 0.05) is 24.9 Å².